The van der Waals surface area contributed by atoms with Crippen molar-refractivity contribution < 1.29 is 0 Å². The summed E-state index contributed by atoms with van der Waals surface area (Å²) in [5, 5.41) is 0. The average Bonchev–Trinajstić information content (AvgIpc) is 2.42. The lowest BCUT2D eigenvalue weighted by molar-refractivity contribution is 0.836. The monoisotopic (exact) mass is 115 g/mol. The van der Waals surface area contributed by atoms with Gasteiger partial charge in [0.15, 0.2) is 0 Å². The van der Waals surface area contributed by atoms with E-state index in [-0.39, 0.29) is 0 Å². The molecule has 1 fully saturated rings. The minimum Gasteiger partial charge on any atom is -0.165 e. The molecule has 0 aromatic heterocycles. The summed E-state index contributed by atoms with van der Waals surface area (Å²) in [7, 11) is 0. The van der Waals surface area contributed by atoms with Crippen LogP contribution in [0.15, 0.2) is 0 Å². The van der Waals surface area contributed by atoms with Gasteiger partial charge in [0.25, 0.3) is 0 Å². The molecule has 0 N–H and O–H groups in total. The molecule has 0 aromatic rings. The zero-order valence-electron chi connectivity index (χ0n) is 4.68. The molecule has 0 aliphatic heterocycles. The maximum atomic E-state index is 2.39. The van der Waals surface area contributed by atoms with Crippen molar-refractivity contribution in [1.29, 1.82) is 0 Å². The summed E-state index contributed by atoms with van der Waals surface area (Å²) in [5.74, 6) is 2.36. The van der Waals surface area contributed by atoms with Crippen LogP contribution >= 0.6 is 11.8 Å². The fraction of sp³-hybridized carbons (Fsp3) is 0.833. The Morgan fingerprint density at radius 1 is 1.86 bits per heavy atom. The van der Waals surface area contributed by atoms with Crippen LogP contribution in [0.4, 0.5) is 0 Å². The number of hydrogen-bond acceptors (Lipinski definition) is 1. The van der Waals surface area contributed by atoms with Gasteiger partial charge < -0.3 is 0 Å². The van der Waals surface area contributed by atoms with E-state index in [1.54, 1.807) is 0 Å². The van der Waals surface area contributed by atoms with Crippen LogP contribution in [0.1, 0.15) is 12.8 Å². The van der Waals surface area contributed by atoms with E-state index in [0.29, 0.717) is 0 Å². The first-order valence-corrected chi connectivity index (χ1v) is 4.15. The Balaban J connectivity index is 1.80. The van der Waals surface area contributed by atoms with Crippen LogP contribution in [0, 0.1) is 12.3 Å². The molecule has 1 unspecified atom stereocenters. The quantitative estimate of drug-likeness (QED) is 0.542. The van der Waals surface area contributed by atoms with E-state index in [9.17, 15) is 0 Å². The fourth-order valence-electron chi connectivity index (χ4n) is 0.601. The smallest absolute Gasteiger partial charge is 0.00676 e. The van der Waals surface area contributed by atoms with Crippen LogP contribution in [0.3, 0.4) is 0 Å². The van der Waals surface area contributed by atoms with Crippen molar-refractivity contribution >= 4 is 11.8 Å². The van der Waals surface area contributed by atoms with Crippen LogP contribution in [0.25, 0.3) is 0 Å². The molecule has 0 heterocycles. The SMILES string of the molecule is CSCCC1[CH]C1. The van der Waals surface area contributed by atoms with Gasteiger partial charge in [0, 0.05) is 0 Å². The molecule has 7 heavy (non-hydrogen) atoms. The van der Waals surface area contributed by atoms with E-state index in [1.165, 1.54) is 18.6 Å². The summed E-state index contributed by atoms with van der Waals surface area (Å²) >= 11 is 1.95. The summed E-state index contributed by atoms with van der Waals surface area (Å²) < 4.78 is 0. The van der Waals surface area contributed by atoms with Gasteiger partial charge in [-0.25, -0.2) is 0 Å². The second-order valence-corrected chi connectivity index (χ2v) is 3.00. The third-order valence-electron chi connectivity index (χ3n) is 1.26. The van der Waals surface area contributed by atoms with Gasteiger partial charge in [-0.15, -0.1) is 0 Å². The third-order valence-corrected chi connectivity index (χ3v) is 1.91. The molecule has 1 atom stereocenters. The van der Waals surface area contributed by atoms with Gasteiger partial charge in [-0.05, 0) is 37.2 Å². The normalized spacial score (nSPS) is 20.1. The van der Waals surface area contributed by atoms with Gasteiger partial charge >= 0.3 is 0 Å². The number of rotatable bonds is 3. The average molecular weight is 115 g/mol. The fourth-order valence-corrected chi connectivity index (χ4v) is 1.14. The molecular weight excluding hydrogens is 104 g/mol. The van der Waals surface area contributed by atoms with Crippen LogP contribution < -0.4 is 0 Å². The largest absolute Gasteiger partial charge is 0.165 e. The molecule has 41 valence electrons. The first-order chi connectivity index (χ1) is 3.43. The summed E-state index contributed by atoms with van der Waals surface area (Å²) in [6.07, 6.45) is 7.36. The van der Waals surface area contributed by atoms with Gasteiger partial charge in [0.05, 0.1) is 0 Å². The van der Waals surface area contributed by atoms with Gasteiger partial charge in [0.1, 0.15) is 0 Å². The molecule has 0 spiro atoms. The van der Waals surface area contributed by atoms with Crippen LogP contribution in [0.2, 0.25) is 0 Å². The zero-order chi connectivity index (χ0) is 5.11. The minimum absolute atomic E-state index is 1.01. The summed E-state index contributed by atoms with van der Waals surface area (Å²) in [5.41, 5.74) is 0. The molecule has 0 bridgehead atoms. The van der Waals surface area contributed by atoms with Gasteiger partial charge in [-0.2, -0.15) is 11.8 Å². The lowest BCUT2D eigenvalue weighted by atomic mass is 10.3. The van der Waals surface area contributed by atoms with Gasteiger partial charge in [0.2, 0.25) is 0 Å². The van der Waals surface area contributed by atoms with E-state index < -0.39 is 0 Å². The lowest BCUT2D eigenvalue weighted by Gasteiger charge is -1.88. The van der Waals surface area contributed by atoms with E-state index >= 15 is 0 Å². The van der Waals surface area contributed by atoms with Crippen molar-refractivity contribution in [1.82, 2.24) is 0 Å². The molecule has 1 saturated carbocycles. The molecule has 1 rings (SSSR count). The maximum absolute atomic E-state index is 2.39. The van der Waals surface area contributed by atoms with Crippen molar-refractivity contribution in [2.75, 3.05) is 12.0 Å². The van der Waals surface area contributed by atoms with Gasteiger partial charge in [-0.3, -0.25) is 0 Å². The first-order valence-electron chi connectivity index (χ1n) is 2.76. The molecule has 1 aliphatic carbocycles. The zero-order valence-corrected chi connectivity index (χ0v) is 5.50. The summed E-state index contributed by atoms with van der Waals surface area (Å²) in [4.78, 5) is 0. The Bertz CT molecular complexity index is 48.1. The number of thioether (sulfide) groups is 1. The van der Waals surface area contributed by atoms with Crippen molar-refractivity contribution in [2.45, 2.75) is 12.8 Å². The van der Waals surface area contributed by atoms with Crippen molar-refractivity contribution in [2.24, 2.45) is 5.92 Å². The molecule has 0 aromatic carbocycles. The highest BCUT2D eigenvalue weighted by Crippen LogP contribution is 2.31. The van der Waals surface area contributed by atoms with E-state index in [1.807, 2.05) is 11.8 Å². The molecule has 0 saturated heterocycles. The molecule has 0 nitrogen and oxygen atoms in total. The Hall–Kier alpha value is 0.350. The second kappa shape index (κ2) is 2.61. The van der Waals surface area contributed by atoms with E-state index in [2.05, 4.69) is 12.7 Å². The lowest BCUT2D eigenvalue weighted by Crippen LogP contribution is -1.77. The van der Waals surface area contributed by atoms with Crippen LogP contribution in [-0.2, 0) is 0 Å². The van der Waals surface area contributed by atoms with E-state index in [4.69, 9.17) is 0 Å². The summed E-state index contributed by atoms with van der Waals surface area (Å²) in [6, 6.07) is 0. The Kier molecular flexibility index (Phi) is 2.04. The first kappa shape index (κ1) is 5.49. The van der Waals surface area contributed by atoms with Crippen LogP contribution in [-0.4, -0.2) is 12.0 Å². The molecule has 1 radical (unpaired) electrons. The van der Waals surface area contributed by atoms with Crippen LogP contribution in [0.5, 0.6) is 0 Å². The van der Waals surface area contributed by atoms with Gasteiger partial charge in [-0.1, -0.05) is 0 Å². The summed E-state index contributed by atoms with van der Waals surface area (Å²) in [6.45, 7) is 0. The number of hydrogen-bond donors (Lipinski definition) is 0. The Labute approximate surface area is 49.7 Å². The second-order valence-electron chi connectivity index (χ2n) is 2.01. The topological polar surface area (TPSA) is 0 Å². The van der Waals surface area contributed by atoms with Crippen molar-refractivity contribution in [3.63, 3.8) is 0 Å². The Morgan fingerprint density at radius 3 is 3.00 bits per heavy atom. The van der Waals surface area contributed by atoms with E-state index in [0.717, 1.165) is 5.92 Å². The Morgan fingerprint density at radius 2 is 2.57 bits per heavy atom. The molecule has 1 heteroatoms. The van der Waals surface area contributed by atoms with Crippen molar-refractivity contribution in [3.05, 3.63) is 6.42 Å². The molecule has 0 amide bonds. The predicted molar refractivity (Wildman–Crippen MR) is 35.4 cm³/mol. The van der Waals surface area contributed by atoms with Crippen molar-refractivity contribution in [3.8, 4) is 0 Å². The predicted octanol–water partition coefficient (Wildman–Crippen LogP) is 1.96. The minimum atomic E-state index is 1.01. The molecular formula is C6H11S. The maximum Gasteiger partial charge on any atom is -0.00676 e. The highest BCUT2D eigenvalue weighted by Gasteiger charge is 2.20. The molecule has 1 aliphatic rings. The highest BCUT2D eigenvalue weighted by molar-refractivity contribution is 7.98. The third kappa shape index (κ3) is 2.22. The highest BCUT2D eigenvalue weighted by atomic mass is 32.2. The standard InChI is InChI=1S/C6H11S/c1-7-5-4-6-2-3-6/h2,6H,3-5H2,1H3.